The highest BCUT2D eigenvalue weighted by Gasteiger charge is 2.05. The van der Waals surface area contributed by atoms with Gasteiger partial charge in [0.15, 0.2) is 11.6 Å². The van der Waals surface area contributed by atoms with Crippen LogP contribution in [0, 0.1) is 5.82 Å². The van der Waals surface area contributed by atoms with E-state index in [0.29, 0.717) is 12.4 Å². The highest BCUT2D eigenvalue weighted by Crippen LogP contribution is 2.23. The summed E-state index contributed by atoms with van der Waals surface area (Å²) in [6.45, 7) is 0.317. The van der Waals surface area contributed by atoms with E-state index < -0.39 is 5.82 Å². The number of benzene rings is 1. The summed E-state index contributed by atoms with van der Waals surface area (Å²) < 4.78 is 18.4. The van der Waals surface area contributed by atoms with Crippen LogP contribution in [0.1, 0.15) is 0 Å². The Morgan fingerprint density at radius 3 is 2.93 bits per heavy atom. The van der Waals surface area contributed by atoms with Gasteiger partial charge in [0.2, 0.25) is 0 Å². The van der Waals surface area contributed by atoms with Crippen LogP contribution in [0.3, 0.4) is 0 Å². The SMILES string of the molecule is Fc1c(Cl)cccc1OC/C=C/CS. The lowest BCUT2D eigenvalue weighted by atomic mass is 10.3. The molecule has 0 fully saturated rings. The minimum Gasteiger partial charge on any atom is -0.486 e. The Morgan fingerprint density at radius 1 is 1.43 bits per heavy atom. The van der Waals surface area contributed by atoms with Gasteiger partial charge in [-0.1, -0.05) is 29.8 Å². The molecule has 0 aliphatic rings. The Hall–Kier alpha value is -0.670. The second-order valence-corrected chi connectivity index (χ2v) is 3.29. The topological polar surface area (TPSA) is 9.23 Å². The summed E-state index contributed by atoms with van der Waals surface area (Å²) in [6, 6.07) is 4.66. The van der Waals surface area contributed by atoms with E-state index in [1.54, 1.807) is 12.1 Å². The fourth-order valence-corrected chi connectivity index (χ4v) is 1.19. The van der Waals surface area contributed by atoms with Crippen molar-refractivity contribution in [2.45, 2.75) is 0 Å². The van der Waals surface area contributed by atoms with Gasteiger partial charge < -0.3 is 4.74 Å². The van der Waals surface area contributed by atoms with Gasteiger partial charge in [-0.2, -0.15) is 12.6 Å². The molecule has 0 atom stereocenters. The van der Waals surface area contributed by atoms with Gasteiger partial charge in [-0.15, -0.1) is 0 Å². The largest absolute Gasteiger partial charge is 0.486 e. The van der Waals surface area contributed by atoms with Gasteiger partial charge in [-0.3, -0.25) is 0 Å². The van der Waals surface area contributed by atoms with Crippen molar-refractivity contribution in [3.05, 3.63) is 41.2 Å². The van der Waals surface area contributed by atoms with Crippen molar-refractivity contribution in [3.8, 4) is 5.75 Å². The summed E-state index contributed by atoms with van der Waals surface area (Å²) in [4.78, 5) is 0. The molecular weight excluding hydrogens is 223 g/mol. The van der Waals surface area contributed by atoms with Crippen LogP contribution in [0.2, 0.25) is 5.02 Å². The molecule has 0 aliphatic carbocycles. The molecule has 0 heterocycles. The minimum absolute atomic E-state index is 0.0701. The molecule has 1 nitrogen and oxygen atoms in total. The van der Waals surface area contributed by atoms with E-state index in [2.05, 4.69) is 12.6 Å². The van der Waals surface area contributed by atoms with Crippen LogP contribution in [0.25, 0.3) is 0 Å². The van der Waals surface area contributed by atoms with E-state index in [0.717, 1.165) is 0 Å². The third-order valence-electron chi connectivity index (χ3n) is 1.52. The monoisotopic (exact) mass is 232 g/mol. The fourth-order valence-electron chi connectivity index (χ4n) is 0.876. The Bertz CT molecular complexity index is 328. The zero-order valence-electron chi connectivity index (χ0n) is 7.41. The summed E-state index contributed by atoms with van der Waals surface area (Å²) >= 11 is 9.55. The molecule has 0 saturated heterocycles. The van der Waals surface area contributed by atoms with Crippen LogP contribution in [0.4, 0.5) is 4.39 Å². The molecule has 1 aromatic rings. The molecule has 0 amide bonds. The van der Waals surface area contributed by atoms with E-state index >= 15 is 0 Å². The first-order chi connectivity index (χ1) is 6.75. The highest BCUT2D eigenvalue weighted by atomic mass is 35.5. The predicted octanol–water partition coefficient (Wildman–Crippen LogP) is 3.34. The lowest BCUT2D eigenvalue weighted by molar-refractivity contribution is 0.341. The molecule has 14 heavy (non-hydrogen) atoms. The predicted molar refractivity (Wildman–Crippen MR) is 59.9 cm³/mol. The lowest BCUT2D eigenvalue weighted by Crippen LogP contribution is -1.96. The summed E-state index contributed by atoms with van der Waals surface area (Å²) in [5, 5.41) is 0.0701. The Morgan fingerprint density at radius 2 is 2.21 bits per heavy atom. The minimum atomic E-state index is -0.520. The third-order valence-corrected chi connectivity index (χ3v) is 2.03. The summed E-state index contributed by atoms with van der Waals surface area (Å²) in [5.74, 6) is 0.288. The average Bonchev–Trinajstić information content (AvgIpc) is 2.19. The molecule has 0 aliphatic heterocycles. The molecule has 0 unspecified atom stereocenters. The van der Waals surface area contributed by atoms with Gasteiger partial charge >= 0.3 is 0 Å². The second-order valence-electron chi connectivity index (χ2n) is 2.52. The Balaban J connectivity index is 2.59. The number of ether oxygens (including phenoxy) is 1. The quantitative estimate of drug-likeness (QED) is 0.619. The summed E-state index contributed by atoms with van der Waals surface area (Å²) in [6.07, 6.45) is 3.60. The molecule has 0 aromatic heterocycles. The molecule has 1 aromatic carbocycles. The maximum absolute atomic E-state index is 13.2. The van der Waals surface area contributed by atoms with Crippen molar-refractivity contribution < 1.29 is 9.13 Å². The molecule has 0 radical (unpaired) electrons. The van der Waals surface area contributed by atoms with Gasteiger partial charge in [0.25, 0.3) is 0 Å². The van der Waals surface area contributed by atoms with Crippen LogP contribution in [0.15, 0.2) is 30.4 Å². The Kier molecular flexibility index (Phi) is 4.84. The molecule has 0 saturated carbocycles. The fraction of sp³-hybridized carbons (Fsp3) is 0.200. The standard InChI is InChI=1S/C10H10ClFOS/c11-8-4-3-5-9(10(8)12)13-6-1-2-7-14/h1-5,14H,6-7H2/b2-1+. The van der Waals surface area contributed by atoms with E-state index in [-0.39, 0.29) is 10.8 Å². The molecule has 4 heteroatoms. The van der Waals surface area contributed by atoms with E-state index in [9.17, 15) is 4.39 Å². The number of thiol groups is 1. The van der Waals surface area contributed by atoms with Gasteiger partial charge in [0, 0.05) is 5.75 Å². The zero-order valence-corrected chi connectivity index (χ0v) is 9.06. The van der Waals surface area contributed by atoms with Crippen LogP contribution in [0.5, 0.6) is 5.75 Å². The van der Waals surface area contributed by atoms with Crippen LogP contribution >= 0.6 is 24.2 Å². The van der Waals surface area contributed by atoms with Gasteiger partial charge in [-0.25, -0.2) is 4.39 Å². The first-order valence-corrected chi connectivity index (χ1v) is 5.09. The van der Waals surface area contributed by atoms with Crippen molar-refractivity contribution in [2.24, 2.45) is 0 Å². The zero-order chi connectivity index (χ0) is 10.4. The van der Waals surface area contributed by atoms with Crippen molar-refractivity contribution in [1.29, 1.82) is 0 Å². The van der Waals surface area contributed by atoms with Crippen molar-refractivity contribution in [1.82, 2.24) is 0 Å². The molecular formula is C10H10ClFOS. The number of rotatable bonds is 4. The highest BCUT2D eigenvalue weighted by molar-refractivity contribution is 7.80. The van der Waals surface area contributed by atoms with Crippen LogP contribution in [-0.4, -0.2) is 12.4 Å². The van der Waals surface area contributed by atoms with Gasteiger partial charge in [-0.05, 0) is 12.1 Å². The maximum atomic E-state index is 13.2. The molecule has 0 bridgehead atoms. The van der Waals surface area contributed by atoms with Crippen molar-refractivity contribution in [2.75, 3.05) is 12.4 Å². The lowest BCUT2D eigenvalue weighted by Gasteiger charge is -2.04. The number of hydrogen-bond donors (Lipinski definition) is 1. The summed E-state index contributed by atoms with van der Waals surface area (Å²) in [7, 11) is 0. The maximum Gasteiger partial charge on any atom is 0.183 e. The van der Waals surface area contributed by atoms with Crippen LogP contribution in [-0.2, 0) is 0 Å². The smallest absolute Gasteiger partial charge is 0.183 e. The Labute approximate surface area is 92.9 Å². The molecule has 0 N–H and O–H groups in total. The van der Waals surface area contributed by atoms with E-state index in [4.69, 9.17) is 16.3 Å². The average molecular weight is 233 g/mol. The molecule has 0 spiro atoms. The van der Waals surface area contributed by atoms with E-state index in [1.165, 1.54) is 12.1 Å². The van der Waals surface area contributed by atoms with Crippen molar-refractivity contribution >= 4 is 24.2 Å². The van der Waals surface area contributed by atoms with E-state index in [1.807, 2.05) is 6.08 Å². The second kappa shape index (κ2) is 5.94. The summed E-state index contributed by atoms with van der Waals surface area (Å²) in [5.41, 5.74) is 0. The van der Waals surface area contributed by atoms with Gasteiger partial charge in [0.05, 0.1) is 5.02 Å². The number of hydrogen-bond acceptors (Lipinski definition) is 2. The first-order valence-electron chi connectivity index (χ1n) is 4.08. The van der Waals surface area contributed by atoms with Crippen LogP contribution < -0.4 is 4.74 Å². The first kappa shape index (κ1) is 11.4. The molecule has 76 valence electrons. The number of halogens is 2. The normalized spacial score (nSPS) is 10.8. The van der Waals surface area contributed by atoms with Crippen molar-refractivity contribution in [3.63, 3.8) is 0 Å². The van der Waals surface area contributed by atoms with Gasteiger partial charge in [0.1, 0.15) is 6.61 Å². The third kappa shape index (κ3) is 3.24. The molecule has 1 rings (SSSR count).